The number of carbonyl (C=O) groups is 1. The van der Waals surface area contributed by atoms with E-state index in [1.165, 1.54) is 6.07 Å². The number of halogens is 2. The molecule has 2 nitrogen and oxygen atoms in total. The van der Waals surface area contributed by atoms with Gasteiger partial charge in [0.15, 0.2) is 6.29 Å². The molecule has 0 N–H and O–H groups in total. The first-order valence-electron chi connectivity index (χ1n) is 6.16. The van der Waals surface area contributed by atoms with Crippen LogP contribution < -0.4 is 0 Å². The monoisotopic (exact) mass is 287 g/mol. The summed E-state index contributed by atoms with van der Waals surface area (Å²) in [5.74, 6) is -0.420. The van der Waals surface area contributed by atoms with Crippen molar-refractivity contribution < 1.29 is 9.18 Å². The fourth-order valence-electron chi connectivity index (χ4n) is 2.32. The summed E-state index contributed by atoms with van der Waals surface area (Å²) in [6, 6.07) is 12.2. The molecule has 0 fully saturated rings. The van der Waals surface area contributed by atoms with Crippen LogP contribution in [0.5, 0.6) is 0 Å². The molecule has 3 rings (SSSR count). The number of rotatable bonds is 3. The summed E-state index contributed by atoms with van der Waals surface area (Å²) in [5.41, 5.74) is 2.54. The average molecular weight is 288 g/mol. The van der Waals surface area contributed by atoms with E-state index in [9.17, 15) is 9.18 Å². The van der Waals surface area contributed by atoms with Gasteiger partial charge in [-0.05, 0) is 29.8 Å². The SMILES string of the molecule is O=Cc1cccc2c1ccn2Cc1ccc(F)c(Cl)c1. The first kappa shape index (κ1) is 12.9. The van der Waals surface area contributed by atoms with Crippen molar-refractivity contribution in [2.75, 3.05) is 0 Å². The molecule has 4 heteroatoms. The minimum absolute atomic E-state index is 0.118. The minimum atomic E-state index is -0.420. The van der Waals surface area contributed by atoms with Gasteiger partial charge in [0.1, 0.15) is 5.82 Å². The number of nitrogens with zero attached hydrogens (tertiary/aromatic N) is 1. The van der Waals surface area contributed by atoms with Crippen molar-refractivity contribution in [3.63, 3.8) is 0 Å². The van der Waals surface area contributed by atoms with Gasteiger partial charge in [0, 0.05) is 29.2 Å². The Morgan fingerprint density at radius 1 is 1.20 bits per heavy atom. The standard InChI is InChI=1S/C16H11ClFNO/c17-14-8-11(4-5-15(14)18)9-19-7-6-13-12(10-20)2-1-3-16(13)19/h1-8,10H,9H2. The molecular weight excluding hydrogens is 277 g/mol. The topological polar surface area (TPSA) is 22.0 Å². The van der Waals surface area contributed by atoms with E-state index in [0.717, 1.165) is 22.8 Å². The van der Waals surface area contributed by atoms with E-state index in [-0.39, 0.29) is 5.02 Å². The minimum Gasteiger partial charge on any atom is -0.343 e. The molecule has 100 valence electrons. The lowest BCUT2D eigenvalue weighted by molar-refractivity contribution is 0.112. The van der Waals surface area contributed by atoms with Crippen LogP contribution in [0, 0.1) is 5.82 Å². The molecule has 0 spiro atoms. The molecule has 1 heterocycles. The summed E-state index contributed by atoms with van der Waals surface area (Å²) in [6.45, 7) is 0.575. The van der Waals surface area contributed by atoms with Crippen LogP contribution >= 0.6 is 11.6 Å². The van der Waals surface area contributed by atoms with Crippen molar-refractivity contribution in [1.82, 2.24) is 4.57 Å². The first-order valence-corrected chi connectivity index (χ1v) is 6.54. The van der Waals surface area contributed by atoms with E-state index in [2.05, 4.69) is 0 Å². The fourth-order valence-corrected chi connectivity index (χ4v) is 2.53. The predicted octanol–water partition coefficient (Wildman–Crippen LogP) is 4.29. The quantitative estimate of drug-likeness (QED) is 0.659. The number of hydrogen-bond donors (Lipinski definition) is 0. The third-order valence-corrected chi connectivity index (χ3v) is 3.60. The summed E-state index contributed by atoms with van der Waals surface area (Å²) >= 11 is 5.79. The molecule has 0 radical (unpaired) electrons. The molecule has 0 saturated carbocycles. The second-order valence-electron chi connectivity index (χ2n) is 4.59. The van der Waals surface area contributed by atoms with Gasteiger partial charge in [-0.25, -0.2) is 4.39 Å². The van der Waals surface area contributed by atoms with Gasteiger partial charge in [-0.1, -0.05) is 29.8 Å². The maximum absolute atomic E-state index is 13.2. The lowest BCUT2D eigenvalue weighted by Gasteiger charge is -2.07. The van der Waals surface area contributed by atoms with Crippen LogP contribution in [0.2, 0.25) is 5.02 Å². The van der Waals surface area contributed by atoms with Crippen LogP contribution in [0.3, 0.4) is 0 Å². The molecule has 2 aromatic carbocycles. The lowest BCUT2D eigenvalue weighted by Crippen LogP contribution is -1.98. The van der Waals surface area contributed by atoms with Crippen molar-refractivity contribution >= 4 is 28.8 Å². The average Bonchev–Trinajstić information content (AvgIpc) is 2.86. The van der Waals surface area contributed by atoms with Crippen molar-refractivity contribution in [3.8, 4) is 0 Å². The summed E-state index contributed by atoms with van der Waals surface area (Å²) in [7, 11) is 0. The molecule has 0 saturated heterocycles. The van der Waals surface area contributed by atoms with Crippen molar-refractivity contribution in [2.45, 2.75) is 6.54 Å². The van der Waals surface area contributed by atoms with Gasteiger partial charge in [-0.15, -0.1) is 0 Å². The zero-order valence-corrected chi connectivity index (χ0v) is 11.3. The number of carbonyl (C=O) groups excluding carboxylic acids is 1. The Hall–Kier alpha value is -2.13. The maximum Gasteiger partial charge on any atom is 0.150 e. The summed E-state index contributed by atoms with van der Waals surface area (Å²) < 4.78 is 15.2. The normalized spacial score (nSPS) is 10.9. The van der Waals surface area contributed by atoms with E-state index in [0.29, 0.717) is 12.1 Å². The maximum atomic E-state index is 13.2. The number of hydrogen-bond acceptors (Lipinski definition) is 1. The van der Waals surface area contributed by atoms with Gasteiger partial charge >= 0.3 is 0 Å². The predicted molar refractivity (Wildman–Crippen MR) is 77.8 cm³/mol. The number of fused-ring (bicyclic) bond motifs is 1. The molecule has 0 unspecified atom stereocenters. The van der Waals surface area contributed by atoms with Crippen LogP contribution in [-0.2, 0) is 6.54 Å². The molecule has 0 amide bonds. The van der Waals surface area contributed by atoms with Crippen LogP contribution in [0.1, 0.15) is 15.9 Å². The van der Waals surface area contributed by atoms with Gasteiger partial charge < -0.3 is 4.57 Å². The third kappa shape index (κ3) is 2.21. The van der Waals surface area contributed by atoms with Crippen molar-refractivity contribution in [2.24, 2.45) is 0 Å². The van der Waals surface area contributed by atoms with Gasteiger partial charge in [0.25, 0.3) is 0 Å². The molecule has 0 aliphatic heterocycles. The molecule has 3 aromatic rings. The highest BCUT2D eigenvalue weighted by molar-refractivity contribution is 6.30. The number of aldehydes is 1. The van der Waals surface area contributed by atoms with Crippen LogP contribution in [0.25, 0.3) is 10.9 Å². The highest BCUT2D eigenvalue weighted by atomic mass is 35.5. The Labute approximate surface area is 120 Å². The molecule has 0 aliphatic carbocycles. The molecule has 0 aliphatic rings. The van der Waals surface area contributed by atoms with Crippen molar-refractivity contribution in [3.05, 3.63) is 70.6 Å². The van der Waals surface area contributed by atoms with Crippen molar-refractivity contribution in [1.29, 1.82) is 0 Å². The highest BCUT2D eigenvalue weighted by Gasteiger charge is 2.06. The third-order valence-electron chi connectivity index (χ3n) is 3.31. The fraction of sp³-hybridized carbons (Fsp3) is 0.0625. The Morgan fingerprint density at radius 2 is 2.05 bits per heavy atom. The molecular formula is C16H11ClFNO. The molecule has 0 bridgehead atoms. The van der Waals surface area contributed by atoms with Crippen LogP contribution in [-0.4, -0.2) is 10.9 Å². The zero-order chi connectivity index (χ0) is 14.1. The Bertz CT molecular complexity index is 794. The zero-order valence-electron chi connectivity index (χ0n) is 10.5. The van der Waals surface area contributed by atoms with E-state index in [1.54, 1.807) is 18.2 Å². The second kappa shape index (κ2) is 5.10. The highest BCUT2D eigenvalue weighted by Crippen LogP contribution is 2.22. The number of aromatic nitrogens is 1. The van der Waals surface area contributed by atoms with E-state index < -0.39 is 5.82 Å². The van der Waals surface area contributed by atoms with Gasteiger partial charge in [0.2, 0.25) is 0 Å². The molecule has 0 atom stereocenters. The second-order valence-corrected chi connectivity index (χ2v) is 5.00. The summed E-state index contributed by atoms with van der Waals surface area (Å²) in [5, 5.41) is 1.03. The molecule has 1 aromatic heterocycles. The first-order chi connectivity index (χ1) is 9.69. The Morgan fingerprint density at radius 3 is 2.80 bits per heavy atom. The number of benzene rings is 2. The van der Waals surface area contributed by atoms with Crippen LogP contribution in [0.4, 0.5) is 4.39 Å². The van der Waals surface area contributed by atoms with Crippen LogP contribution in [0.15, 0.2) is 48.7 Å². The summed E-state index contributed by atoms with van der Waals surface area (Å²) in [6.07, 6.45) is 2.76. The smallest absolute Gasteiger partial charge is 0.150 e. The Balaban J connectivity index is 2.02. The van der Waals surface area contributed by atoms with Gasteiger partial charge in [0.05, 0.1) is 5.02 Å². The van der Waals surface area contributed by atoms with E-state index in [4.69, 9.17) is 11.6 Å². The van der Waals surface area contributed by atoms with E-state index >= 15 is 0 Å². The van der Waals surface area contributed by atoms with E-state index in [1.807, 2.05) is 29.0 Å². The Kier molecular flexibility index (Phi) is 3.28. The van der Waals surface area contributed by atoms with Gasteiger partial charge in [-0.3, -0.25) is 4.79 Å². The largest absolute Gasteiger partial charge is 0.343 e. The molecule has 20 heavy (non-hydrogen) atoms. The summed E-state index contributed by atoms with van der Waals surface area (Å²) in [4.78, 5) is 11.0. The lowest BCUT2D eigenvalue weighted by atomic mass is 10.1. The van der Waals surface area contributed by atoms with Gasteiger partial charge in [-0.2, -0.15) is 0 Å².